The molecule has 1 aromatic rings. The van der Waals surface area contributed by atoms with Crippen molar-refractivity contribution in [3.05, 3.63) is 39.4 Å². The summed E-state index contributed by atoms with van der Waals surface area (Å²) < 4.78 is 0. The van der Waals surface area contributed by atoms with E-state index < -0.39 is 10.8 Å². The maximum absolute atomic E-state index is 11.2. The summed E-state index contributed by atoms with van der Waals surface area (Å²) >= 11 is 0. The number of amides is 1. The molecule has 2 rings (SSSR count). The minimum absolute atomic E-state index is 0.0741. The molecule has 1 amide bonds. The molecule has 5 heteroatoms. The van der Waals surface area contributed by atoms with Crippen molar-refractivity contribution in [2.24, 2.45) is 5.73 Å². The van der Waals surface area contributed by atoms with Gasteiger partial charge in [0.1, 0.15) is 5.56 Å². The third kappa shape index (κ3) is 1.68. The molecule has 1 saturated carbocycles. The van der Waals surface area contributed by atoms with E-state index in [2.05, 4.69) is 0 Å². The molecule has 5 nitrogen and oxygen atoms in total. The maximum Gasteiger partial charge on any atom is 0.282 e. The Hall–Kier alpha value is -1.91. The van der Waals surface area contributed by atoms with E-state index in [9.17, 15) is 14.9 Å². The molecule has 0 aromatic heterocycles. The van der Waals surface area contributed by atoms with Gasteiger partial charge >= 0.3 is 0 Å². The number of rotatable bonds is 3. The first-order chi connectivity index (χ1) is 7.11. The molecule has 0 radical (unpaired) electrons. The van der Waals surface area contributed by atoms with Crippen LogP contribution in [0.2, 0.25) is 0 Å². The van der Waals surface area contributed by atoms with E-state index in [4.69, 9.17) is 5.73 Å². The molecule has 1 aliphatic carbocycles. The molecule has 0 saturated heterocycles. The van der Waals surface area contributed by atoms with Gasteiger partial charge in [-0.2, -0.15) is 0 Å². The third-order valence-corrected chi connectivity index (χ3v) is 2.53. The van der Waals surface area contributed by atoms with Crippen molar-refractivity contribution in [1.29, 1.82) is 0 Å². The lowest BCUT2D eigenvalue weighted by Gasteiger charge is -2.05. The van der Waals surface area contributed by atoms with E-state index >= 15 is 0 Å². The molecule has 0 bridgehead atoms. The zero-order valence-corrected chi connectivity index (χ0v) is 7.97. The number of carbonyl (C=O) groups excluding carboxylic acids is 1. The van der Waals surface area contributed by atoms with Crippen LogP contribution < -0.4 is 5.73 Å². The Balaban J connectivity index is 2.59. The highest BCUT2D eigenvalue weighted by Crippen LogP contribution is 2.43. The smallest absolute Gasteiger partial charge is 0.282 e. The first-order valence-corrected chi connectivity index (χ1v) is 4.68. The molecule has 1 aliphatic rings. The van der Waals surface area contributed by atoms with Gasteiger partial charge in [0.15, 0.2) is 0 Å². The minimum atomic E-state index is -0.718. The number of nitro groups is 1. The van der Waals surface area contributed by atoms with Crippen molar-refractivity contribution < 1.29 is 9.72 Å². The fourth-order valence-corrected chi connectivity index (χ4v) is 1.71. The minimum Gasteiger partial charge on any atom is -0.365 e. The number of benzene rings is 1. The average Bonchev–Trinajstić information content (AvgIpc) is 2.99. The SMILES string of the molecule is NC(=O)c1c(C2CC2)cccc1[N+](=O)[O-]. The lowest BCUT2D eigenvalue weighted by Crippen LogP contribution is -2.15. The molecule has 1 fully saturated rings. The van der Waals surface area contributed by atoms with E-state index in [-0.39, 0.29) is 17.2 Å². The Kier molecular flexibility index (Phi) is 2.15. The zero-order valence-electron chi connectivity index (χ0n) is 7.97. The lowest BCUT2D eigenvalue weighted by atomic mass is 10.0. The highest BCUT2D eigenvalue weighted by molar-refractivity contribution is 5.98. The standard InChI is InChI=1S/C10H10N2O3/c11-10(13)9-7(6-4-5-6)2-1-3-8(9)12(14)15/h1-3,6H,4-5H2,(H2,11,13). The number of hydrogen-bond donors (Lipinski definition) is 1. The van der Waals surface area contributed by atoms with Crippen LogP contribution in [0.25, 0.3) is 0 Å². The van der Waals surface area contributed by atoms with Crippen LogP contribution in [0.3, 0.4) is 0 Å². The van der Waals surface area contributed by atoms with Gasteiger partial charge in [-0.1, -0.05) is 12.1 Å². The Bertz CT molecular complexity index is 438. The van der Waals surface area contributed by atoms with Gasteiger partial charge in [-0.3, -0.25) is 14.9 Å². The topological polar surface area (TPSA) is 86.2 Å². The Morgan fingerprint density at radius 2 is 2.13 bits per heavy atom. The van der Waals surface area contributed by atoms with Crippen molar-refractivity contribution in [3.8, 4) is 0 Å². The molecule has 15 heavy (non-hydrogen) atoms. The number of carbonyl (C=O) groups is 1. The van der Waals surface area contributed by atoms with Crippen LogP contribution >= 0.6 is 0 Å². The Morgan fingerprint density at radius 3 is 2.60 bits per heavy atom. The predicted octanol–water partition coefficient (Wildman–Crippen LogP) is 1.57. The first-order valence-electron chi connectivity index (χ1n) is 4.68. The van der Waals surface area contributed by atoms with Crippen LogP contribution in [0.1, 0.15) is 34.7 Å². The second kappa shape index (κ2) is 3.34. The summed E-state index contributed by atoms with van der Waals surface area (Å²) in [7, 11) is 0. The zero-order chi connectivity index (χ0) is 11.0. The molecule has 2 N–H and O–H groups in total. The van der Waals surface area contributed by atoms with Gasteiger partial charge in [0.25, 0.3) is 11.6 Å². The van der Waals surface area contributed by atoms with Crippen LogP contribution in [0.15, 0.2) is 18.2 Å². The summed E-state index contributed by atoms with van der Waals surface area (Å²) in [5.41, 5.74) is 5.78. The predicted molar refractivity (Wildman–Crippen MR) is 53.6 cm³/mol. The quantitative estimate of drug-likeness (QED) is 0.601. The summed E-state index contributed by atoms with van der Waals surface area (Å²) in [6.45, 7) is 0. The summed E-state index contributed by atoms with van der Waals surface area (Å²) in [5.74, 6) is -0.448. The van der Waals surface area contributed by atoms with Gasteiger partial charge < -0.3 is 5.73 Å². The van der Waals surface area contributed by atoms with Crippen LogP contribution in [-0.4, -0.2) is 10.8 Å². The maximum atomic E-state index is 11.2. The second-order valence-corrected chi connectivity index (χ2v) is 3.64. The van der Waals surface area contributed by atoms with Gasteiger partial charge in [-0.15, -0.1) is 0 Å². The largest absolute Gasteiger partial charge is 0.365 e. The molecule has 0 unspecified atom stereocenters. The molecule has 0 heterocycles. The fourth-order valence-electron chi connectivity index (χ4n) is 1.71. The van der Waals surface area contributed by atoms with Crippen LogP contribution in [0, 0.1) is 10.1 Å². The number of primary amides is 1. The number of nitro benzene ring substituents is 1. The van der Waals surface area contributed by atoms with Gasteiger partial charge in [-0.05, 0) is 24.3 Å². The molecular formula is C10H10N2O3. The van der Waals surface area contributed by atoms with Crippen molar-refractivity contribution in [2.45, 2.75) is 18.8 Å². The van der Waals surface area contributed by atoms with E-state index in [0.717, 1.165) is 18.4 Å². The summed E-state index contributed by atoms with van der Waals surface area (Å²) in [6.07, 6.45) is 1.95. The van der Waals surface area contributed by atoms with Crippen LogP contribution in [0.4, 0.5) is 5.69 Å². The summed E-state index contributed by atoms with van der Waals surface area (Å²) in [5, 5.41) is 10.7. The molecule has 0 spiro atoms. The van der Waals surface area contributed by atoms with Crippen LogP contribution in [0.5, 0.6) is 0 Å². The number of hydrogen-bond acceptors (Lipinski definition) is 3. The van der Waals surface area contributed by atoms with E-state index in [0.29, 0.717) is 0 Å². The molecular weight excluding hydrogens is 196 g/mol. The number of nitrogens with two attached hydrogens (primary N) is 1. The van der Waals surface area contributed by atoms with Gasteiger partial charge in [0.05, 0.1) is 4.92 Å². The van der Waals surface area contributed by atoms with Gasteiger partial charge in [-0.25, -0.2) is 0 Å². The lowest BCUT2D eigenvalue weighted by molar-refractivity contribution is -0.385. The molecule has 78 valence electrons. The van der Waals surface area contributed by atoms with Crippen molar-refractivity contribution >= 4 is 11.6 Å². The van der Waals surface area contributed by atoms with Crippen molar-refractivity contribution in [3.63, 3.8) is 0 Å². The fraction of sp³-hybridized carbons (Fsp3) is 0.300. The Labute approximate surface area is 86.0 Å². The Morgan fingerprint density at radius 1 is 1.47 bits per heavy atom. The van der Waals surface area contributed by atoms with Crippen molar-refractivity contribution in [1.82, 2.24) is 0 Å². The average molecular weight is 206 g/mol. The monoisotopic (exact) mass is 206 g/mol. The highest BCUT2D eigenvalue weighted by Gasteiger charge is 2.31. The van der Waals surface area contributed by atoms with E-state index in [1.165, 1.54) is 6.07 Å². The van der Waals surface area contributed by atoms with Gasteiger partial charge in [0.2, 0.25) is 0 Å². The first kappa shape index (κ1) is 9.64. The van der Waals surface area contributed by atoms with Gasteiger partial charge in [0, 0.05) is 6.07 Å². The normalized spacial score (nSPS) is 14.9. The van der Waals surface area contributed by atoms with E-state index in [1.807, 2.05) is 0 Å². The van der Waals surface area contributed by atoms with Crippen LogP contribution in [-0.2, 0) is 0 Å². The summed E-state index contributed by atoms with van der Waals surface area (Å²) in [4.78, 5) is 21.4. The summed E-state index contributed by atoms with van der Waals surface area (Å²) in [6, 6.07) is 4.65. The van der Waals surface area contributed by atoms with Crippen molar-refractivity contribution in [2.75, 3.05) is 0 Å². The molecule has 0 atom stereocenters. The second-order valence-electron chi connectivity index (χ2n) is 3.64. The third-order valence-electron chi connectivity index (χ3n) is 2.53. The number of nitrogens with zero attached hydrogens (tertiary/aromatic N) is 1. The highest BCUT2D eigenvalue weighted by atomic mass is 16.6. The molecule has 0 aliphatic heterocycles. The van der Waals surface area contributed by atoms with E-state index in [1.54, 1.807) is 12.1 Å². The molecule has 1 aromatic carbocycles.